The number of nitrogens with zero attached hydrogens (tertiary/aromatic N) is 2. The van der Waals surface area contributed by atoms with Crippen LogP contribution in [-0.2, 0) is 0 Å². The van der Waals surface area contributed by atoms with Gasteiger partial charge in [0.1, 0.15) is 0 Å². The minimum Gasteiger partial charge on any atom is -0.309 e. The van der Waals surface area contributed by atoms with Crippen LogP contribution in [0.2, 0.25) is 0 Å². The largest absolute Gasteiger partial charge is 0.309 e. The Kier molecular flexibility index (Phi) is 6.66. The van der Waals surface area contributed by atoms with E-state index >= 15 is 0 Å². The van der Waals surface area contributed by atoms with Gasteiger partial charge in [-0.1, -0.05) is 164 Å². The molecule has 2 heteroatoms. The second-order valence-electron chi connectivity index (χ2n) is 14.8. The second kappa shape index (κ2) is 12.0. The van der Waals surface area contributed by atoms with Crippen LogP contribution < -0.4 is 0 Å². The summed E-state index contributed by atoms with van der Waals surface area (Å²) in [6, 6.07) is 75.7. The smallest absolute Gasteiger partial charge is 0.0626 e. The molecular formula is C54H34N2. The average molecular weight is 711 g/mol. The number of para-hydroxylation sites is 3. The normalized spacial score (nSPS) is 11.9. The molecule has 0 aliphatic heterocycles. The van der Waals surface area contributed by atoms with E-state index in [4.69, 9.17) is 0 Å². The Morgan fingerprint density at radius 2 is 0.839 bits per heavy atom. The zero-order valence-electron chi connectivity index (χ0n) is 30.5. The molecule has 12 rings (SSSR count). The zero-order chi connectivity index (χ0) is 36.7. The summed E-state index contributed by atoms with van der Waals surface area (Å²) < 4.78 is 4.95. The molecule has 0 amide bonds. The van der Waals surface area contributed by atoms with E-state index in [2.05, 4.69) is 215 Å². The van der Waals surface area contributed by atoms with Crippen LogP contribution in [0.4, 0.5) is 0 Å². The zero-order valence-corrected chi connectivity index (χ0v) is 30.5. The molecule has 0 radical (unpaired) electrons. The van der Waals surface area contributed by atoms with E-state index in [0.29, 0.717) is 0 Å². The summed E-state index contributed by atoms with van der Waals surface area (Å²) in [5.74, 6) is 0. The van der Waals surface area contributed by atoms with Crippen LogP contribution in [0.1, 0.15) is 0 Å². The second-order valence-corrected chi connectivity index (χ2v) is 14.8. The van der Waals surface area contributed by atoms with Gasteiger partial charge in [-0.3, -0.25) is 0 Å². The monoisotopic (exact) mass is 710 g/mol. The van der Waals surface area contributed by atoms with E-state index in [1.807, 2.05) is 0 Å². The molecule has 0 atom stereocenters. The maximum absolute atomic E-state index is 2.49. The molecule has 0 N–H and O–H groups in total. The Hall–Kier alpha value is -7.42. The van der Waals surface area contributed by atoms with Crippen LogP contribution in [0.15, 0.2) is 206 Å². The Labute approximate surface area is 323 Å². The fourth-order valence-electron chi connectivity index (χ4n) is 9.46. The number of fused-ring (bicyclic) bond motifs is 13. The third-order valence-corrected chi connectivity index (χ3v) is 11.9. The van der Waals surface area contributed by atoms with Crippen molar-refractivity contribution in [3.05, 3.63) is 206 Å². The number of hydrogen-bond donors (Lipinski definition) is 0. The van der Waals surface area contributed by atoms with Crippen molar-refractivity contribution in [3.63, 3.8) is 0 Å². The fourth-order valence-corrected chi connectivity index (χ4v) is 9.46. The van der Waals surface area contributed by atoms with E-state index < -0.39 is 0 Å². The van der Waals surface area contributed by atoms with Crippen molar-refractivity contribution in [3.8, 4) is 33.6 Å². The van der Waals surface area contributed by atoms with Crippen LogP contribution in [-0.4, -0.2) is 9.13 Å². The van der Waals surface area contributed by atoms with Gasteiger partial charge in [0.2, 0.25) is 0 Å². The predicted molar refractivity (Wildman–Crippen MR) is 239 cm³/mol. The summed E-state index contributed by atoms with van der Waals surface area (Å²) in [7, 11) is 0. The van der Waals surface area contributed by atoms with Gasteiger partial charge in [-0.25, -0.2) is 0 Å². The van der Waals surface area contributed by atoms with E-state index in [0.717, 1.165) is 11.4 Å². The molecule has 260 valence electrons. The van der Waals surface area contributed by atoms with E-state index in [-0.39, 0.29) is 0 Å². The molecule has 0 aliphatic rings. The molecule has 0 saturated carbocycles. The summed E-state index contributed by atoms with van der Waals surface area (Å²) in [6.07, 6.45) is 0. The van der Waals surface area contributed by atoms with E-state index in [9.17, 15) is 0 Å². The Morgan fingerprint density at radius 3 is 1.66 bits per heavy atom. The fraction of sp³-hybridized carbons (Fsp3) is 0. The number of rotatable bonds is 4. The van der Waals surface area contributed by atoms with Gasteiger partial charge in [0.25, 0.3) is 0 Å². The molecule has 0 saturated heterocycles. The lowest BCUT2D eigenvalue weighted by atomic mass is 9.92. The van der Waals surface area contributed by atoms with Crippen LogP contribution in [0.3, 0.4) is 0 Å². The van der Waals surface area contributed by atoms with Gasteiger partial charge < -0.3 is 9.13 Å². The van der Waals surface area contributed by atoms with Crippen molar-refractivity contribution in [2.75, 3.05) is 0 Å². The molecule has 56 heavy (non-hydrogen) atoms. The maximum atomic E-state index is 2.49. The van der Waals surface area contributed by atoms with Gasteiger partial charge in [-0.15, -0.1) is 0 Å². The van der Waals surface area contributed by atoms with Crippen LogP contribution in [0.5, 0.6) is 0 Å². The van der Waals surface area contributed by atoms with Crippen molar-refractivity contribution < 1.29 is 0 Å². The summed E-state index contributed by atoms with van der Waals surface area (Å²) in [5.41, 5.74) is 12.0. The highest BCUT2D eigenvalue weighted by Gasteiger charge is 2.22. The highest BCUT2D eigenvalue weighted by Crippen LogP contribution is 2.46. The molecule has 0 bridgehead atoms. The molecule has 0 unspecified atom stereocenters. The van der Waals surface area contributed by atoms with Crippen molar-refractivity contribution in [2.24, 2.45) is 0 Å². The summed E-state index contributed by atoms with van der Waals surface area (Å²) in [6.45, 7) is 0. The predicted octanol–water partition coefficient (Wildman–Crippen LogP) is 14.7. The molecule has 2 nitrogen and oxygen atoms in total. The molecule has 0 spiro atoms. The van der Waals surface area contributed by atoms with Crippen molar-refractivity contribution in [2.45, 2.75) is 0 Å². The molecule has 0 aliphatic carbocycles. The number of hydrogen-bond acceptors (Lipinski definition) is 0. The first kappa shape index (κ1) is 31.0. The topological polar surface area (TPSA) is 9.86 Å². The van der Waals surface area contributed by atoms with Gasteiger partial charge in [-0.2, -0.15) is 0 Å². The maximum Gasteiger partial charge on any atom is 0.0626 e. The lowest BCUT2D eigenvalue weighted by Crippen LogP contribution is -1.96. The third kappa shape index (κ3) is 4.44. The molecule has 10 aromatic carbocycles. The first-order valence-corrected chi connectivity index (χ1v) is 19.4. The van der Waals surface area contributed by atoms with Crippen LogP contribution in [0.25, 0.3) is 110 Å². The number of benzene rings is 10. The van der Waals surface area contributed by atoms with Gasteiger partial charge >= 0.3 is 0 Å². The van der Waals surface area contributed by atoms with Gasteiger partial charge in [0.05, 0.1) is 22.1 Å². The third-order valence-electron chi connectivity index (χ3n) is 11.9. The first-order chi connectivity index (χ1) is 27.8. The van der Waals surface area contributed by atoms with Crippen LogP contribution in [0, 0.1) is 0 Å². The quantitative estimate of drug-likeness (QED) is 0.161. The molecule has 12 aromatic rings. The molecular weight excluding hydrogens is 677 g/mol. The number of aromatic nitrogens is 2. The molecule has 0 fully saturated rings. The van der Waals surface area contributed by atoms with Crippen molar-refractivity contribution in [1.82, 2.24) is 9.13 Å². The standard InChI is InChI=1S/C54H34N2/c1-3-14-35(15-4-1)36-26-30-40(31-27-36)55-49-25-12-11-21-44(49)47-24-13-23-42(53(47)55)38-29-33-50-48(34-38)52-51-41-19-8-7-16-37(41)28-32-45(51)43-20-9-10-22-46(43)54(52)56(50)39-17-5-2-6-18-39/h1-34H. The average Bonchev–Trinajstić information content (AvgIpc) is 3.80. The van der Waals surface area contributed by atoms with Crippen molar-refractivity contribution in [1.29, 1.82) is 0 Å². The first-order valence-electron chi connectivity index (χ1n) is 19.4. The highest BCUT2D eigenvalue weighted by atomic mass is 15.0. The highest BCUT2D eigenvalue weighted by molar-refractivity contribution is 6.37. The summed E-state index contributed by atoms with van der Waals surface area (Å²) in [5, 5.41) is 12.7. The van der Waals surface area contributed by atoms with Crippen LogP contribution >= 0.6 is 0 Å². The van der Waals surface area contributed by atoms with E-state index in [1.165, 1.54) is 98.2 Å². The van der Waals surface area contributed by atoms with Gasteiger partial charge in [0, 0.05) is 49.3 Å². The Morgan fingerprint density at radius 1 is 0.268 bits per heavy atom. The lowest BCUT2D eigenvalue weighted by Gasteiger charge is -2.13. The summed E-state index contributed by atoms with van der Waals surface area (Å²) in [4.78, 5) is 0. The minimum atomic E-state index is 1.15. The van der Waals surface area contributed by atoms with Crippen molar-refractivity contribution >= 4 is 75.9 Å². The van der Waals surface area contributed by atoms with E-state index in [1.54, 1.807) is 0 Å². The Bertz CT molecular complexity index is 3500. The lowest BCUT2D eigenvalue weighted by molar-refractivity contribution is 1.18. The minimum absolute atomic E-state index is 1.15. The Balaban J connectivity index is 1.20. The molecule has 2 heterocycles. The van der Waals surface area contributed by atoms with Gasteiger partial charge in [0.15, 0.2) is 0 Å². The SMILES string of the molecule is c1ccc(-c2ccc(-n3c4ccccc4c4cccc(-c5ccc6c(c5)c5c7c8ccccc8ccc7c7ccccc7c5n6-c5ccccc5)c43)cc2)cc1. The summed E-state index contributed by atoms with van der Waals surface area (Å²) >= 11 is 0. The van der Waals surface area contributed by atoms with Gasteiger partial charge in [-0.05, 0) is 80.7 Å². The molecule has 2 aromatic heterocycles.